The van der Waals surface area contributed by atoms with Crippen molar-refractivity contribution in [1.29, 1.82) is 0 Å². The average Bonchev–Trinajstić information content (AvgIpc) is 3.69. The normalized spacial score (nSPS) is 14.2. The lowest BCUT2D eigenvalue weighted by molar-refractivity contribution is -0.277. The highest BCUT2D eigenvalue weighted by Gasteiger charge is 2.13. The van der Waals surface area contributed by atoms with Gasteiger partial charge in [-0.25, -0.2) is 4.89 Å². The van der Waals surface area contributed by atoms with Crippen LogP contribution in [0, 0.1) is 9.93 Å². The third-order valence-electron chi connectivity index (χ3n) is 4.46. The van der Waals surface area contributed by atoms with Gasteiger partial charge >= 0.3 is 0 Å². The lowest BCUT2D eigenvalue weighted by atomic mass is 10.1. The average molecular weight is 473 g/mol. The van der Waals surface area contributed by atoms with E-state index in [1.807, 2.05) is 66.7 Å². The molecule has 4 rings (SSSR count). The minimum atomic E-state index is -0.341. The molecule has 0 aromatic heterocycles. The second-order valence-corrected chi connectivity index (χ2v) is 7.23. The van der Waals surface area contributed by atoms with Gasteiger partial charge in [-0.3, -0.25) is 5.26 Å². The minimum Gasteiger partial charge on any atom is -0.389 e. The zero-order valence-corrected chi connectivity index (χ0v) is 19.8. The van der Waals surface area contributed by atoms with Crippen molar-refractivity contribution >= 4 is 0 Å². The molecule has 6 nitrogen and oxygen atoms in total. The van der Waals surface area contributed by atoms with E-state index in [1.165, 1.54) is 5.56 Å². The molecule has 3 aromatic carbocycles. The Morgan fingerprint density at radius 1 is 0.853 bits per heavy atom. The third kappa shape index (κ3) is 17.6. The van der Waals surface area contributed by atoms with Crippen LogP contribution in [0.1, 0.15) is 64.0 Å². The molecule has 1 fully saturated rings. The van der Waals surface area contributed by atoms with Gasteiger partial charge in [-0.1, -0.05) is 105 Å². The number of rotatable bonds is 4. The number of epoxide rings is 1. The molecular formula is C28H40O6. The van der Waals surface area contributed by atoms with E-state index in [9.17, 15) is 0 Å². The van der Waals surface area contributed by atoms with Crippen LogP contribution in [0.5, 0.6) is 0 Å². The standard InChI is InChI=1S/C8H10O2.C8H10O.C8H10.C3H6O.CH4.O2/c1-7(10-9)8-5-3-2-4-6-8;1-7(9)8-5-3-2-4-6-8;1-2-8-6-4-3-5-7-8;1-3-2-4-3;;1-2/h2-7,9H,1H3;2-7,9H,1H3;3-7H,2H2,1H3;3H,2H2,1H3;1H4;. The molecule has 0 bridgehead atoms. The summed E-state index contributed by atoms with van der Waals surface area (Å²) in [6.45, 7) is 8.75. The molecule has 1 aliphatic heterocycles. The van der Waals surface area contributed by atoms with Crippen molar-refractivity contribution in [3.05, 3.63) is 118 Å². The molecule has 3 unspecified atom stereocenters. The number of aliphatic hydroxyl groups is 1. The van der Waals surface area contributed by atoms with Gasteiger partial charge in [-0.05, 0) is 43.9 Å². The van der Waals surface area contributed by atoms with Crippen molar-refractivity contribution < 1.29 is 20.0 Å². The summed E-state index contributed by atoms with van der Waals surface area (Å²) in [5.41, 5.74) is 3.36. The van der Waals surface area contributed by atoms with Crippen LogP contribution in [0.25, 0.3) is 0 Å². The maximum atomic E-state index is 9.02. The van der Waals surface area contributed by atoms with Gasteiger partial charge in [0.15, 0.2) is 0 Å². The fraction of sp³-hybridized carbons (Fsp3) is 0.357. The monoisotopic (exact) mass is 472 g/mol. The summed E-state index contributed by atoms with van der Waals surface area (Å²) in [7, 11) is 0. The summed E-state index contributed by atoms with van der Waals surface area (Å²) in [5.74, 6) is 0. The lowest BCUT2D eigenvalue weighted by Gasteiger charge is -2.05. The Morgan fingerprint density at radius 3 is 1.44 bits per heavy atom. The molecule has 188 valence electrons. The molecule has 3 atom stereocenters. The van der Waals surface area contributed by atoms with Crippen LogP contribution >= 0.6 is 0 Å². The van der Waals surface area contributed by atoms with Gasteiger partial charge in [0.1, 0.15) is 6.10 Å². The number of aliphatic hydroxyl groups excluding tert-OH is 1. The van der Waals surface area contributed by atoms with Gasteiger partial charge in [0, 0.05) is 9.93 Å². The van der Waals surface area contributed by atoms with Crippen LogP contribution < -0.4 is 0 Å². The highest BCUT2D eigenvalue weighted by atomic mass is 17.1. The summed E-state index contributed by atoms with van der Waals surface area (Å²) in [6.07, 6.45) is 1.15. The molecular weight excluding hydrogens is 432 g/mol. The summed E-state index contributed by atoms with van der Waals surface area (Å²) in [5, 5.41) is 17.3. The topological polar surface area (TPSA) is 96.4 Å². The van der Waals surface area contributed by atoms with E-state index in [0.29, 0.717) is 6.10 Å². The highest BCUT2D eigenvalue weighted by Crippen LogP contribution is 2.13. The lowest BCUT2D eigenvalue weighted by Crippen LogP contribution is -1.94. The van der Waals surface area contributed by atoms with Gasteiger partial charge in [-0.2, -0.15) is 0 Å². The van der Waals surface area contributed by atoms with Crippen molar-refractivity contribution in [2.24, 2.45) is 0 Å². The molecule has 6 heteroatoms. The zero-order chi connectivity index (χ0) is 24.9. The Morgan fingerprint density at radius 2 is 1.21 bits per heavy atom. The van der Waals surface area contributed by atoms with Gasteiger partial charge in [0.2, 0.25) is 0 Å². The SMILES string of the molecule is C.CC(O)c1ccccc1.CC(OO)c1ccccc1.CC1CO1.CCc1ccccc1.O=O. The Hall–Kier alpha value is -2.90. The van der Waals surface area contributed by atoms with Crippen molar-refractivity contribution in [3.63, 3.8) is 0 Å². The molecule has 0 saturated carbocycles. The first kappa shape index (κ1) is 33.3. The Labute approximate surface area is 204 Å². The second-order valence-electron chi connectivity index (χ2n) is 7.23. The first-order valence-corrected chi connectivity index (χ1v) is 10.9. The van der Waals surface area contributed by atoms with Gasteiger partial charge in [0.25, 0.3) is 0 Å². The number of hydrogen-bond donors (Lipinski definition) is 2. The highest BCUT2D eigenvalue weighted by molar-refractivity contribution is 5.17. The summed E-state index contributed by atoms with van der Waals surface area (Å²) in [6, 6.07) is 29.6. The summed E-state index contributed by atoms with van der Waals surface area (Å²) >= 11 is 0. The number of hydrogen-bond acceptors (Lipinski definition) is 6. The Kier molecular flexibility index (Phi) is 21.5. The maximum absolute atomic E-state index is 9.02. The molecule has 0 spiro atoms. The van der Waals surface area contributed by atoms with E-state index in [-0.39, 0.29) is 19.6 Å². The van der Waals surface area contributed by atoms with Crippen molar-refractivity contribution in [3.8, 4) is 0 Å². The van der Waals surface area contributed by atoms with Crippen molar-refractivity contribution in [1.82, 2.24) is 0 Å². The van der Waals surface area contributed by atoms with Crippen LogP contribution in [0.3, 0.4) is 0 Å². The minimum absolute atomic E-state index is 0. The van der Waals surface area contributed by atoms with Crippen LogP contribution in [0.15, 0.2) is 91.0 Å². The van der Waals surface area contributed by atoms with Crippen LogP contribution in [-0.2, 0) is 16.0 Å². The molecule has 3 aromatic rings. The van der Waals surface area contributed by atoms with Crippen molar-refractivity contribution in [2.75, 3.05) is 6.61 Å². The molecule has 0 radical (unpaired) electrons. The third-order valence-corrected chi connectivity index (χ3v) is 4.46. The first-order valence-electron chi connectivity index (χ1n) is 10.9. The van der Waals surface area contributed by atoms with E-state index in [1.54, 1.807) is 13.8 Å². The molecule has 34 heavy (non-hydrogen) atoms. The number of aryl methyl sites for hydroxylation is 1. The zero-order valence-electron chi connectivity index (χ0n) is 19.8. The summed E-state index contributed by atoms with van der Waals surface area (Å²) < 4.78 is 4.71. The van der Waals surface area contributed by atoms with Crippen LogP contribution in [-0.4, -0.2) is 23.1 Å². The van der Waals surface area contributed by atoms with Crippen LogP contribution in [0.4, 0.5) is 0 Å². The smallest absolute Gasteiger partial charge is 0.115 e. The van der Waals surface area contributed by atoms with Crippen molar-refractivity contribution in [2.45, 2.75) is 59.9 Å². The van der Waals surface area contributed by atoms with Crippen LogP contribution in [0.2, 0.25) is 0 Å². The Balaban J connectivity index is 0. The van der Waals surface area contributed by atoms with E-state index >= 15 is 0 Å². The molecule has 1 saturated heterocycles. The molecule has 1 heterocycles. The fourth-order valence-corrected chi connectivity index (χ4v) is 2.33. The first-order chi connectivity index (χ1) is 16.0. The van der Waals surface area contributed by atoms with E-state index in [2.05, 4.69) is 43.0 Å². The quantitative estimate of drug-likeness (QED) is 0.234. The van der Waals surface area contributed by atoms with E-state index < -0.39 is 0 Å². The predicted molar refractivity (Wildman–Crippen MR) is 140 cm³/mol. The second kappa shape index (κ2) is 21.9. The summed E-state index contributed by atoms with van der Waals surface area (Å²) in [4.78, 5) is 18.1. The Bertz CT molecular complexity index is 793. The van der Waals surface area contributed by atoms with Gasteiger partial charge in [-0.15, -0.1) is 0 Å². The van der Waals surface area contributed by atoms with E-state index in [0.717, 1.165) is 24.2 Å². The molecule has 1 aliphatic rings. The number of ether oxygens (including phenoxy) is 1. The molecule has 2 N–H and O–H groups in total. The van der Waals surface area contributed by atoms with Gasteiger partial charge < -0.3 is 9.84 Å². The van der Waals surface area contributed by atoms with E-state index in [4.69, 9.17) is 25.0 Å². The largest absolute Gasteiger partial charge is 0.389 e. The molecule has 0 aliphatic carbocycles. The predicted octanol–water partition coefficient (Wildman–Crippen LogP) is 7.33. The fourth-order valence-electron chi connectivity index (χ4n) is 2.33. The maximum Gasteiger partial charge on any atom is 0.115 e. The van der Waals surface area contributed by atoms with Gasteiger partial charge in [0.05, 0.1) is 18.8 Å². The number of benzene rings is 3. The molecule has 0 amide bonds.